The molecular formula is C10H18Br3NO. The number of ketones is 1. The van der Waals surface area contributed by atoms with E-state index in [1.807, 2.05) is 0 Å². The quantitative estimate of drug-likeness (QED) is 0.575. The van der Waals surface area contributed by atoms with Crippen molar-refractivity contribution in [1.82, 2.24) is 4.90 Å². The van der Waals surface area contributed by atoms with E-state index in [0.29, 0.717) is 0 Å². The molecule has 0 aromatic heterocycles. The normalized spacial score (nSPS) is 34.7. The van der Waals surface area contributed by atoms with Crippen LogP contribution in [0, 0.1) is 0 Å². The average Bonchev–Trinajstić information content (AvgIpc) is 2.11. The molecule has 1 rings (SSSR count). The van der Waals surface area contributed by atoms with Gasteiger partial charge < -0.3 is 0 Å². The fraction of sp³-hybridized carbons (Fsp3) is 0.900. The highest BCUT2D eigenvalue weighted by molar-refractivity contribution is 9.10. The van der Waals surface area contributed by atoms with E-state index in [2.05, 4.69) is 71.5 Å². The van der Waals surface area contributed by atoms with Crippen LogP contribution in [-0.2, 0) is 4.79 Å². The van der Waals surface area contributed by atoms with Gasteiger partial charge in [0.05, 0.1) is 9.65 Å². The standard InChI is InChI=1S/C10H17Br2NO.BrH/c1-9(2)7(11)6(14)8(12)10(3,4)13(9)5;/h7-8H,1-5H3;1H. The predicted octanol–water partition coefficient (Wildman–Crippen LogP) is 3.16. The van der Waals surface area contributed by atoms with Gasteiger partial charge in [-0.05, 0) is 34.7 Å². The van der Waals surface area contributed by atoms with E-state index in [1.54, 1.807) is 0 Å². The molecule has 2 atom stereocenters. The van der Waals surface area contributed by atoms with Gasteiger partial charge in [-0.1, -0.05) is 31.9 Å². The van der Waals surface area contributed by atoms with Crippen molar-refractivity contribution in [2.75, 3.05) is 7.05 Å². The molecule has 15 heavy (non-hydrogen) atoms. The lowest BCUT2D eigenvalue weighted by Crippen LogP contribution is -2.69. The zero-order chi connectivity index (χ0) is 11.3. The van der Waals surface area contributed by atoms with E-state index < -0.39 is 0 Å². The number of rotatable bonds is 0. The molecule has 2 unspecified atom stereocenters. The molecule has 90 valence electrons. The van der Waals surface area contributed by atoms with E-state index >= 15 is 0 Å². The minimum Gasteiger partial charge on any atom is -0.297 e. The molecule has 1 fully saturated rings. The smallest absolute Gasteiger partial charge is 0.163 e. The van der Waals surface area contributed by atoms with Gasteiger partial charge in [-0.15, -0.1) is 17.0 Å². The second-order valence-corrected chi connectivity index (χ2v) is 6.83. The number of halogens is 3. The molecule has 0 aromatic carbocycles. The molecule has 1 heterocycles. The highest BCUT2D eigenvalue weighted by atomic mass is 79.9. The molecule has 0 aliphatic carbocycles. The van der Waals surface area contributed by atoms with Crippen molar-refractivity contribution in [3.8, 4) is 0 Å². The third kappa shape index (κ3) is 2.35. The molecule has 0 N–H and O–H groups in total. The van der Waals surface area contributed by atoms with Gasteiger partial charge >= 0.3 is 0 Å². The molecule has 0 aromatic rings. The van der Waals surface area contributed by atoms with E-state index in [-0.39, 0.29) is 43.5 Å². The van der Waals surface area contributed by atoms with Gasteiger partial charge in [0.25, 0.3) is 0 Å². The maximum Gasteiger partial charge on any atom is 0.163 e. The first-order valence-corrected chi connectivity index (χ1v) is 6.52. The van der Waals surface area contributed by atoms with Crippen molar-refractivity contribution in [2.24, 2.45) is 0 Å². The number of carbonyl (C=O) groups excluding carboxylic acids is 1. The minimum absolute atomic E-state index is 0. The summed E-state index contributed by atoms with van der Waals surface area (Å²) in [5.41, 5.74) is -0.296. The van der Waals surface area contributed by atoms with Crippen molar-refractivity contribution in [3.05, 3.63) is 0 Å². The van der Waals surface area contributed by atoms with E-state index in [1.165, 1.54) is 0 Å². The van der Waals surface area contributed by atoms with Crippen LogP contribution in [-0.4, -0.2) is 38.5 Å². The highest BCUT2D eigenvalue weighted by Crippen LogP contribution is 2.41. The first kappa shape index (κ1) is 16.1. The second kappa shape index (κ2) is 4.75. The Hall–Kier alpha value is 1.07. The van der Waals surface area contributed by atoms with Crippen LogP contribution < -0.4 is 0 Å². The van der Waals surface area contributed by atoms with Crippen LogP contribution in [0.2, 0.25) is 0 Å². The minimum atomic E-state index is -0.148. The Bertz CT molecular complexity index is 241. The molecule has 1 saturated heterocycles. The SMILES string of the molecule is Br.CN1C(C)(C)C(Br)C(=O)C(Br)C1(C)C. The molecule has 0 spiro atoms. The van der Waals surface area contributed by atoms with Crippen LogP contribution in [0.1, 0.15) is 27.7 Å². The molecule has 0 amide bonds. The van der Waals surface area contributed by atoms with Gasteiger partial charge in [-0.25, -0.2) is 0 Å². The lowest BCUT2D eigenvalue weighted by Gasteiger charge is -2.54. The number of nitrogens with zero attached hydrogens (tertiary/aromatic N) is 1. The Morgan fingerprint density at radius 1 is 1.07 bits per heavy atom. The Morgan fingerprint density at radius 3 is 1.60 bits per heavy atom. The van der Waals surface area contributed by atoms with Crippen LogP contribution in [0.3, 0.4) is 0 Å². The molecule has 2 nitrogen and oxygen atoms in total. The van der Waals surface area contributed by atoms with Gasteiger partial charge in [0, 0.05) is 11.1 Å². The van der Waals surface area contributed by atoms with Gasteiger partial charge in [-0.2, -0.15) is 0 Å². The van der Waals surface area contributed by atoms with Crippen molar-refractivity contribution in [3.63, 3.8) is 0 Å². The predicted molar refractivity (Wildman–Crippen MR) is 76.7 cm³/mol. The van der Waals surface area contributed by atoms with Gasteiger partial charge in [0.1, 0.15) is 0 Å². The summed E-state index contributed by atoms with van der Waals surface area (Å²) in [5.74, 6) is 0.234. The molecule has 0 bridgehead atoms. The number of likely N-dealkylation sites (tertiary alicyclic amines) is 1. The summed E-state index contributed by atoms with van der Waals surface area (Å²) >= 11 is 6.97. The summed E-state index contributed by atoms with van der Waals surface area (Å²) in [6, 6.07) is 0. The zero-order valence-electron chi connectivity index (χ0n) is 9.67. The lowest BCUT2D eigenvalue weighted by atomic mass is 9.79. The van der Waals surface area contributed by atoms with E-state index in [9.17, 15) is 4.79 Å². The van der Waals surface area contributed by atoms with Gasteiger partial charge in [-0.3, -0.25) is 9.69 Å². The molecule has 0 saturated carbocycles. The van der Waals surface area contributed by atoms with Gasteiger partial charge in [0.15, 0.2) is 5.78 Å². The van der Waals surface area contributed by atoms with Crippen LogP contribution in [0.25, 0.3) is 0 Å². The number of piperidine rings is 1. The van der Waals surface area contributed by atoms with Crippen molar-refractivity contribution in [1.29, 1.82) is 0 Å². The maximum absolute atomic E-state index is 12.0. The molecule has 1 aliphatic rings. The summed E-state index contributed by atoms with van der Waals surface area (Å²) < 4.78 is 0. The summed E-state index contributed by atoms with van der Waals surface area (Å²) in [4.78, 5) is 14.0. The van der Waals surface area contributed by atoms with Crippen LogP contribution >= 0.6 is 48.8 Å². The fourth-order valence-corrected chi connectivity index (χ4v) is 3.41. The summed E-state index contributed by atoms with van der Waals surface area (Å²) in [6.45, 7) is 8.35. The summed E-state index contributed by atoms with van der Waals surface area (Å²) in [5, 5.41) is 0. The van der Waals surface area contributed by atoms with Crippen LogP contribution in [0.15, 0.2) is 0 Å². The number of alkyl halides is 2. The Kier molecular flexibility index (Phi) is 5.09. The molecule has 1 aliphatic heterocycles. The zero-order valence-corrected chi connectivity index (χ0v) is 14.6. The van der Waals surface area contributed by atoms with Crippen LogP contribution in [0.4, 0.5) is 0 Å². The topological polar surface area (TPSA) is 20.3 Å². The van der Waals surface area contributed by atoms with E-state index in [4.69, 9.17) is 0 Å². The summed E-state index contributed by atoms with van der Waals surface area (Å²) in [7, 11) is 2.06. The molecular weight excluding hydrogens is 390 g/mol. The largest absolute Gasteiger partial charge is 0.297 e. The molecule has 0 radical (unpaired) electrons. The van der Waals surface area contributed by atoms with Gasteiger partial charge in [0.2, 0.25) is 0 Å². The average molecular weight is 408 g/mol. The maximum atomic E-state index is 12.0. The third-order valence-electron chi connectivity index (χ3n) is 3.47. The van der Waals surface area contributed by atoms with Crippen LogP contribution in [0.5, 0.6) is 0 Å². The number of hydrogen-bond acceptors (Lipinski definition) is 2. The van der Waals surface area contributed by atoms with Crippen molar-refractivity contribution >= 4 is 54.6 Å². The number of carbonyl (C=O) groups is 1. The highest BCUT2D eigenvalue weighted by Gasteiger charge is 2.53. The van der Waals surface area contributed by atoms with Crippen molar-refractivity contribution in [2.45, 2.75) is 48.4 Å². The first-order valence-electron chi connectivity index (χ1n) is 4.69. The Morgan fingerprint density at radius 2 is 1.33 bits per heavy atom. The van der Waals surface area contributed by atoms with Crippen molar-refractivity contribution < 1.29 is 4.79 Å². The number of hydrogen-bond donors (Lipinski definition) is 0. The lowest BCUT2D eigenvalue weighted by molar-refractivity contribution is -0.128. The molecule has 5 heteroatoms. The fourth-order valence-electron chi connectivity index (χ4n) is 1.91. The Balaban J connectivity index is 0.00000196. The number of Topliss-reactive ketones (excluding diaryl/α,β-unsaturated/α-hetero) is 1. The van der Waals surface area contributed by atoms with E-state index in [0.717, 1.165) is 0 Å². The second-order valence-electron chi connectivity index (χ2n) is 4.99. The summed E-state index contributed by atoms with van der Waals surface area (Å²) in [6.07, 6.45) is 0. The first-order chi connectivity index (χ1) is 6.13. The third-order valence-corrected chi connectivity index (χ3v) is 6.61. The Labute approximate surface area is 119 Å². The monoisotopic (exact) mass is 405 g/mol.